The van der Waals surface area contributed by atoms with Crippen LogP contribution in [0.4, 0.5) is 4.79 Å². The summed E-state index contributed by atoms with van der Waals surface area (Å²) in [5.41, 5.74) is 1.54. The lowest BCUT2D eigenvalue weighted by Gasteiger charge is -1.96. The van der Waals surface area contributed by atoms with E-state index in [0.29, 0.717) is 5.69 Å². The number of hydrogen-bond donors (Lipinski definition) is 1. The van der Waals surface area contributed by atoms with E-state index in [0.717, 1.165) is 18.4 Å². The first kappa shape index (κ1) is 9.96. The Hall–Kier alpha value is -1.58. The average Bonchev–Trinajstić information content (AvgIpc) is 2.71. The van der Waals surface area contributed by atoms with Crippen molar-refractivity contribution in [2.45, 2.75) is 32.6 Å². The van der Waals surface area contributed by atoms with Gasteiger partial charge in [0.15, 0.2) is 0 Å². The molecule has 0 radical (unpaired) electrons. The molecule has 0 saturated heterocycles. The lowest BCUT2D eigenvalue weighted by molar-refractivity contribution is 0.0976. The third-order valence-corrected chi connectivity index (χ3v) is 2.62. The van der Waals surface area contributed by atoms with Gasteiger partial charge in [-0.25, -0.2) is 4.79 Å². The van der Waals surface area contributed by atoms with Gasteiger partial charge in [0.25, 0.3) is 5.91 Å². The van der Waals surface area contributed by atoms with Crippen molar-refractivity contribution >= 4 is 11.9 Å². The average molecular weight is 206 g/mol. The van der Waals surface area contributed by atoms with E-state index in [4.69, 9.17) is 0 Å². The second kappa shape index (κ2) is 3.88. The van der Waals surface area contributed by atoms with Crippen LogP contribution in [-0.2, 0) is 6.42 Å². The number of imide groups is 1. The van der Waals surface area contributed by atoms with E-state index in [-0.39, 0.29) is 11.9 Å². The van der Waals surface area contributed by atoms with Gasteiger partial charge in [0, 0.05) is 6.20 Å². The fourth-order valence-electron chi connectivity index (χ4n) is 1.80. The molecule has 0 spiro atoms. The van der Waals surface area contributed by atoms with E-state index in [1.54, 1.807) is 12.3 Å². The van der Waals surface area contributed by atoms with Crippen LogP contribution in [-0.4, -0.2) is 16.5 Å². The molecule has 80 valence electrons. The SMILES string of the molecule is CCCCCc1cc2n(c1)C(=O)NC2=O. The van der Waals surface area contributed by atoms with Crippen LogP contribution in [0.1, 0.15) is 42.2 Å². The first-order chi connectivity index (χ1) is 7.22. The topological polar surface area (TPSA) is 51.1 Å². The van der Waals surface area contributed by atoms with Crippen molar-refractivity contribution in [3.05, 3.63) is 23.5 Å². The smallest absolute Gasteiger partial charge is 0.272 e. The molecule has 0 fully saturated rings. The summed E-state index contributed by atoms with van der Waals surface area (Å²) in [6.45, 7) is 2.15. The minimum atomic E-state index is -0.336. The maximum Gasteiger partial charge on any atom is 0.333 e. The normalized spacial score (nSPS) is 14.2. The highest BCUT2D eigenvalue weighted by Crippen LogP contribution is 2.15. The summed E-state index contributed by atoms with van der Waals surface area (Å²) in [4.78, 5) is 22.5. The molecule has 1 aromatic heterocycles. The summed E-state index contributed by atoms with van der Waals surface area (Å²) in [5, 5.41) is 2.24. The van der Waals surface area contributed by atoms with E-state index in [9.17, 15) is 9.59 Å². The third kappa shape index (κ3) is 1.79. The number of aromatic nitrogens is 1. The number of rotatable bonds is 4. The van der Waals surface area contributed by atoms with Crippen molar-refractivity contribution in [1.29, 1.82) is 0 Å². The fourth-order valence-corrected chi connectivity index (χ4v) is 1.80. The van der Waals surface area contributed by atoms with E-state index in [2.05, 4.69) is 12.2 Å². The first-order valence-corrected chi connectivity index (χ1v) is 5.29. The Bertz CT molecular complexity index is 375. The van der Waals surface area contributed by atoms with Gasteiger partial charge >= 0.3 is 6.03 Å². The van der Waals surface area contributed by atoms with Crippen LogP contribution < -0.4 is 5.32 Å². The summed E-state index contributed by atoms with van der Waals surface area (Å²) >= 11 is 0. The number of aryl methyl sites for hydroxylation is 1. The van der Waals surface area contributed by atoms with Gasteiger partial charge in [0.05, 0.1) is 0 Å². The largest absolute Gasteiger partial charge is 0.333 e. The Morgan fingerprint density at radius 1 is 1.33 bits per heavy atom. The highest BCUT2D eigenvalue weighted by Gasteiger charge is 2.26. The number of nitrogens with zero attached hydrogens (tertiary/aromatic N) is 1. The highest BCUT2D eigenvalue weighted by molar-refractivity contribution is 6.11. The van der Waals surface area contributed by atoms with Gasteiger partial charge in [-0.2, -0.15) is 0 Å². The maximum absolute atomic E-state index is 11.3. The van der Waals surface area contributed by atoms with Gasteiger partial charge in [-0.3, -0.25) is 14.7 Å². The molecular formula is C11H14N2O2. The molecule has 4 nitrogen and oxygen atoms in total. The van der Waals surface area contributed by atoms with Crippen LogP contribution in [0.5, 0.6) is 0 Å². The molecule has 0 aromatic carbocycles. The minimum Gasteiger partial charge on any atom is -0.272 e. The first-order valence-electron chi connectivity index (χ1n) is 5.29. The number of nitrogens with one attached hydrogen (secondary N) is 1. The number of fused-ring (bicyclic) bond motifs is 1. The maximum atomic E-state index is 11.3. The molecule has 0 unspecified atom stereocenters. The highest BCUT2D eigenvalue weighted by atomic mass is 16.2. The molecule has 1 N–H and O–H groups in total. The van der Waals surface area contributed by atoms with E-state index < -0.39 is 0 Å². The molecular weight excluding hydrogens is 192 g/mol. The molecule has 0 aliphatic carbocycles. The van der Waals surface area contributed by atoms with E-state index >= 15 is 0 Å². The zero-order valence-corrected chi connectivity index (χ0v) is 8.75. The van der Waals surface area contributed by atoms with Crippen molar-refractivity contribution in [2.75, 3.05) is 0 Å². The van der Waals surface area contributed by atoms with Gasteiger partial charge in [-0.1, -0.05) is 19.8 Å². The van der Waals surface area contributed by atoms with Gasteiger partial charge in [0.2, 0.25) is 0 Å². The quantitative estimate of drug-likeness (QED) is 0.765. The summed E-state index contributed by atoms with van der Waals surface area (Å²) in [5.74, 6) is -0.290. The standard InChI is InChI=1S/C11H14N2O2/c1-2-3-4-5-8-6-9-10(14)12-11(15)13(9)7-8/h6-7H,2-5H2,1H3,(H,12,14,15). The summed E-state index contributed by atoms with van der Waals surface area (Å²) in [6, 6.07) is 1.47. The Labute approximate surface area is 88.3 Å². The molecule has 1 aliphatic heterocycles. The molecule has 4 heteroatoms. The lowest BCUT2D eigenvalue weighted by atomic mass is 10.1. The molecule has 0 saturated carbocycles. The second-order valence-electron chi connectivity index (χ2n) is 3.82. The van der Waals surface area contributed by atoms with E-state index in [1.807, 2.05) is 0 Å². The van der Waals surface area contributed by atoms with Crippen LogP contribution in [0.3, 0.4) is 0 Å². The van der Waals surface area contributed by atoms with Crippen molar-refractivity contribution in [3.8, 4) is 0 Å². The number of hydrogen-bond acceptors (Lipinski definition) is 2. The van der Waals surface area contributed by atoms with Gasteiger partial charge in [0.1, 0.15) is 5.69 Å². The molecule has 2 amide bonds. The number of carbonyl (C=O) groups is 2. The molecule has 15 heavy (non-hydrogen) atoms. The molecule has 1 aliphatic rings. The van der Waals surface area contributed by atoms with Crippen molar-refractivity contribution in [1.82, 2.24) is 9.88 Å². The van der Waals surface area contributed by atoms with Crippen LogP contribution in [0.25, 0.3) is 0 Å². The van der Waals surface area contributed by atoms with Crippen LogP contribution in [0.2, 0.25) is 0 Å². The van der Waals surface area contributed by atoms with Crippen molar-refractivity contribution < 1.29 is 9.59 Å². The Kier molecular flexibility index (Phi) is 2.58. The second-order valence-corrected chi connectivity index (χ2v) is 3.82. The minimum absolute atomic E-state index is 0.290. The lowest BCUT2D eigenvalue weighted by Crippen LogP contribution is -2.22. The van der Waals surface area contributed by atoms with Crippen LogP contribution >= 0.6 is 0 Å². The number of amides is 2. The molecule has 0 bridgehead atoms. The fraction of sp³-hybridized carbons (Fsp3) is 0.455. The monoisotopic (exact) mass is 206 g/mol. The third-order valence-electron chi connectivity index (χ3n) is 2.62. The number of unbranched alkanes of at least 4 members (excludes halogenated alkanes) is 2. The molecule has 0 atom stereocenters. The number of carbonyl (C=O) groups excluding carboxylic acids is 2. The Morgan fingerprint density at radius 2 is 2.13 bits per heavy atom. The van der Waals surface area contributed by atoms with Gasteiger partial charge in [-0.15, -0.1) is 0 Å². The predicted octanol–water partition coefficient (Wildman–Crippen LogP) is 1.93. The van der Waals surface area contributed by atoms with Crippen molar-refractivity contribution in [3.63, 3.8) is 0 Å². The zero-order chi connectivity index (χ0) is 10.8. The summed E-state index contributed by atoms with van der Waals surface area (Å²) in [7, 11) is 0. The molecule has 2 rings (SSSR count). The Morgan fingerprint density at radius 3 is 2.80 bits per heavy atom. The zero-order valence-electron chi connectivity index (χ0n) is 8.75. The summed E-state index contributed by atoms with van der Waals surface area (Å²) < 4.78 is 1.39. The summed E-state index contributed by atoms with van der Waals surface area (Å²) in [6.07, 6.45) is 6.16. The van der Waals surface area contributed by atoms with Crippen LogP contribution in [0.15, 0.2) is 12.3 Å². The van der Waals surface area contributed by atoms with Crippen LogP contribution in [0, 0.1) is 0 Å². The van der Waals surface area contributed by atoms with E-state index in [1.165, 1.54) is 17.4 Å². The van der Waals surface area contributed by atoms with Crippen molar-refractivity contribution in [2.24, 2.45) is 0 Å². The molecule has 2 heterocycles. The molecule has 1 aromatic rings. The van der Waals surface area contributed by atoms with Gasteiger partial charge in [-0.05, 0) is 24.5 Å². The Balaban J connectivity index is 2.10. The van der Waals surface area contributed by atoms with Gasteiger partial charge < -0.3 is 0 Å². The predicted molar refractivity (Wildman–Crippen MR) is 55.9 cm³/mol.